The number of sulfone groups is 1. The molecule has 0 spiro atoms. The largest absolute Gasteiger partial charge is 0.298 e. The van der Waals surface area contributed by atoms with Gasteiger partial charge >= 0.3 is 0 Å². The van der Waals surface area contributed by atoms with Crippen molar-refractivity contribution in [1.29, 1.82) is 0 Å². The van der Waals surface area contributed by atoms with Gasteiger partial charge in [0.2, 0.25) is 0 Å². The zero-order valence-corrected chi connectivity index (χ0v) is 16.5. The maximum atomic E-state index is 12.5. The molecule has 0 bridgehead atoms. The molecule has 0 saturated heterocycles. The Kier molecular flexibility index (Phi) is 5.34. The van der Waals surface area contributed by atoms with E-state index in [2.05, 4.69) is 10.3 Å². The van der Waals surface area contributed by atoms with E-state index in [0.717, 1.165) is 6.26 Å². The van der Waals surface area contributed by atoms with Crippen molar-refractivity contribution in [2.45, 2.75) is 4.90 Å². The fraction of sp³-hybridized carbons (Fsp3) is 0.0588. The third-order valence-electron chi connectivity index (χ3n) is 3.46. The van der Waals surface area contributed by atoms with Gasteiger partial charge in [-0.15, -0.1) is 11.3 Å². The SMILES string of the molecule is CS(=O)(=O)c1ccccc1C(=O)Nc1nc(-c2ccc(Cl)cc2Cl)cs1. The molecule has 1 amide bonds. The van der Waals surface area contributed by atoms with Gasteiger partial charge in [-0.3, -0.25) is 10.1 Å². The first-order valence-corrected chi connectivity index (χ1v) is 10.8. The van der Waals surface area contributed by atoms with E-state index in [4.69, 9.17) is 23.2 Å². The Morgan fingerprint density at radius 2 is 1.88 bits per heavy atom. The summed E-state index contributed by atoms with van der Waals surface area (Å²) in [5, 5.41) is 5.66. The van der Waals surface area contributed by atoms with Crippen LogP contribution < -0.4 is 5.32 Å². The minimum Gasteiger partial charge on any atom is -0.298 e. The van der Waals surface area contributed by atoms with Crippen molar-refractivity contribution in [2.24, 2.45) is 0 Å². The summed E-state index contributed by atoms with van der Waals surface area (Å²) in [4.78, 5) is 16.8. The summed E-state index contributed by atoms with van der Waals surface area (Å²) in [6.45, 7) is 0. The summed E-state index contributed by atoms with van der Waals surface area (Å²) >= 11 is 13.3. The first-order valence-electron chi connectivity index (χ1n) is 7.27. The maximum Gasteiger partial charge on any atom is 0.258 e. The average molecular weight is 427 g/mol. The lowest BCUT2D eigenvalue weighted by atomic mass is 10.2. The number of halogens is 2. The molecule has 1 heterocycles. The topological polar surface area (TPSA) is 76.1 Å². The molecule has 9 heteroatoms. The number of hydrogen-bond acceptors (Lipinski definition) is 5. The standard InChI is InChI=1S/C17H12Cl2N2O3S2/c1-26(23,24)15-5-3-2-4-12(15)16(22)21-17-20-14(9-25-17)11-7-6-10(18)8-13(11)19/h2-9H,1H3,(H,20,21,22). The van der Waals surface area contributed by atoms with Crippen LogP contribution in [0.4, 0.5) is 5.13 Å². The molecule has 26 heavy (non-hydrogen) atoms. The molecule has 3 aromatic rings. The molecule has 0 fully saturated rings. The van der Waals surface area contributed by atoms with Gasteiger partial charge in [-0.1, -0.05) is 35.3 Å². The van der Waals surface area contributed by atoms with Crippen LogP contribution in [0.25, 0.3) is 11.3 Å². The number of amides is 1. The summed E-state index contributed by atoms with van der Waals surface area (Å²) in [5.41, 5.74) is 1.34. The lowest BCUT2D eigenvalue weighted by Crippen LogP contribution is -2.15. The molecule has 1 N–H and O–H groups in total. The number of hydrogen-bond donors (Lipinski definition) is 1. The van der Waals surface area contributed by atoms with Crippen molar-refractivity contribution in [2.75, 3.05) is 11.6 Å². The van der Waals surface area contributed by atoms with Crippen molar-refractivity contribution in [3.63, 3.8) is 0 Å². The lowest BCUT2D eigenvalue weighted by Gasteiger charge is -2.07. The number of carbonyl (C=O) groups is 1. The Morgan fingerprint density at radius 1 is 1.15 bits per heavy atom. The number of nitrogens with one attached hydrogen (secondary N) is 1. The van der Waals surface area contributed by atoms with Crippen LogP contribution in [0.1, 0.15) is 10.4 Å². The van der Waals surface area contributed by atoms with Gasteiger partial charge in [0, 0.05) is 22.2 Å². The van der Waals surface area contributed by atoms with Crippen LogP contribution in [-0.4, -0.2) is 25.6 Å². The quantitative estimate of drug-likeness (QED) is 0.651. The average Bonchev–Trinajstić information content (AvgIpc) is 3.02. The van der Waals surface area contributed by atoms with E-state index in [9.17, 15) is 13.2 Å². The van der Waals surface area contributed by atoms with Gasteiger partial charge in [0.1, 0.15) is 0 Å². The van der Waals surface area contributed by atoms with E-state index in [1.165, 1.54) is 23.5 Å². The van der Waals surface area contributed by atoms with Gasteiger partial charge in [0.05, 0.1) is 21.2 Å². The van der Waals surface area contributed by atoms with Crippen LogP contribution in [0.15, 0.2) is 52.7 Å². The molecule has 134 valence electrons. The predicted octanol–water partition coefficient (Wildman–Crippen LogP) is 4.77. The van der Waals surface area contributed by atoms with Crippen LogP contribution in [-0.2, 0) is 9.84 Å². The van der Waals surface area contributed by atoms with Gasteiger partial charge in [-0.2, -0.15) is 0 Å². The van der Waals surface area contributed by atoms with E-state index < -0.39 is 15.7 Å². The molecule has 0 saturated carbocycles. The molecule has 0 atom stereocenters. The first-order chi connectivity index (χ1) is 12.3. The van der Waals surface area contributed by atoms with Gasteiger partial charge in [-0.25, -0.2) is 13.4 Å². The van der Waals surface area contributed by atoms with Crippen molar-refractivity contribution < 1.29 is 13.2 Å². The van der Waals surface area contributed by atoms with Crippen LogP contribution in [0.2, 0.25) is 10.0 Å². The minimum atomic E-state index is -3.53. The maximum absolute atomic E-state index is 12.5. The molecule has 0 aliphatic heterocycles. The Morgan fingerprint density at radius 3 is 2.58 bits per heavy atom. The minimum absolute atomic E-state index is 0.0324. The second-order valence-electron chi connectivity index (χ2n) is 5.38. The van der Waals surface area contributed by atoms with Gasteiger partial charge < -0.3 is 0 Å². The summed E-state index contributed by atoms with van der Waals surface area (Å²) in [5.74, 6) is -0.547. The van der Waals surface area contributed by atoms with E-state index in [-0.39, 0.29) is 10.5 Å². The molecular formula is C17H12Cl2N2O3S2. The van der Waals surface area contributed by atoms with Crippen LogP contribution in [0.3, 0.4) is 0 Å². The molecule has 0 aliphatic rings. The van der Waals surface area contributed by atoms with Gasteiger partial charge in [-0.05, 0) is 30.3 Å². The molecule has 0 unspecified atom stereocenters. The fourth-order valence-corrected chi connectivity index (χ4v) is 4.39. The summed E-state index contributed by atoms with van der Waals surface area (Å²) in [6.07, 6.45) is 1.06. The zero-order valence-electron chi connectivity index (χ0n) is 13.4. The van der Waals surface area contributed by atoms with Crippen molar-refractivity contribution in [3.8, 4) is 11.3 Å². The highest BCUT2D eigenvalue weighted by Crippen LogP contribution is 2.32. The number of thiazole rings is 1. The molecule has 3 rings (SSSR count). The number of anilines is 1. The van der Waals surface area contributed by atoms with Crippen molar-refractivity contribution >= 4 is 55.4 Å². The van der Waals surface area contributed by atoms with Crippen molar-refractivity contribution in [3.05, 3.63) is 63.5 Å². The normalized spacial score (nSPS) is 11.3. The molecule has 0 aliphatic carbocycles. The highest BCUT2D eigenvalue weighted by atomic mass is 35.5. The first kappa shape index (κ1) is 18.8. The predicted molar refractivity (Wildman–Crippen MR) is 105 cm³/mol. The molecular weight excluding hydrogens is 415 g/mol. The molecule has 1 aromatic heterocycles. The Hall–Kier alpha value is -1.93. The Balaban J connectivity index is 1.87. The van der Waals surface area contributed by atoms with Crippen LogP contribution >= 0.6 is 34.5 Å². The second-order valence-corrected chi connectivity index (χ2v) is 9.07. The highest BCUT2D eigenvalue weighted by Gasteiger charge is 2.19. The van der Waals surface area contributed by atoms with Crippen LogP contribution in [0.5, 0.6) is 0 Å². The highest BCUT2D eigenvalue weighted by molar-refractivity contribution is 7.90. The van der Waals surface area contributed by atoms with E-state index in [0.29, 0.717) is 26.4 Å². The number of aromatic nitrogens is 1. The number of benzene rings is 2. The molecule has 5 nitrogen and oxygen atoms in total. The third-order valence-corrected chi connectivity index (χ3v) is 5.92. The second kappa shape index (κ2) is 7.36. The van der Waals surface area contributed by atoms with E-state index >= 15 is 0 Å². The third kappa shape index (κ3) is 4.07. The zero-order chi connectivity index (χ0) is 18.9. The van der Waals surface area contributed by atoms with Crippen LogP contribution in [0, 0.1) is 0 Å². The summed E-state index contributed by atoms with van der Waals surface area (Å²) < 4.78 is 23.7. The molecule has 0 radical (unpaired) electrons. The Labute approximate surface area is 164 Å². The smallest absolute Gasteiger partial charge is 0.258 e. The Bertz CT molecular complexity index is 1090. The van der Waals surface area contributed by atoms with Crippen molar-refractivity contribution in [1.82, 2.24) is 4.98 Å². The number of carbonyl (C=O) groups excluding carboxylic acids is 1. The van der Waals surface area contributed by atoms with E-state index in [1.807, 2.05) is 0 Å². The van der Waals surface area contributed by atoms with E-state index in [1.54, 1.807) is 35.7 Å². The number of nitrogens with zero attached hydrogens (tertiary/aromatic N) is 1. The number of rotatable bonds is 4. The lowest BCUT2D eigenvalue weighted by molar-refractivity contribution is 0.102. The summed E-state index contributed by atoms with van der Waals surface area (Å²) in [6, 6.07) is 11.1. The summed E-state index contributed by atoms with van der Waals surface area (Å²) in [7, 11) is -3.53. The fourth-order valence-electron chi connectivity index (χ4n) is 2.29. The van der Waals surface area contributed by atoms with Gasteiger partial charge in [0.15, 0.2) is 15.0 Å². The monoisotopic (exact) mass is 426 g/mol. The van der Waals surface area contributed by atoms with Gasteiger partial charge in [0.25, 0.3) is 5.91 Å². The molecule has 2 aromatic carbocycles.